The van der Waals surface area contributed by atoms with Gasteiger partial charge in [-0.25, -0.2) is 9.78 Å². The molecule has 0 aliphatic heterocycles. The summed E-state index contributed by atoms with van der Waals surface area (Å²) in [5.41, 5.74) is 5.09. The molecule has 0 amide bonds. The Bertz CT molecular complexity index is 1200. The third kappa shape index (κ3) is 3.76. The van der Waals surface area contributed by atoms with E-state index in [1.165, 1.54) is 7.11 Å². The van der Waals surface area contributed by atoms with Crippen LogP contribution in [0.3, 0.4) is 0 Å². The molecule has 0 unspecified atom stereocenters. The molecule has 0 spiro atoms. The molecule has 29 heavy (non-hydrogen) atoms. The molecule has 0 aliphatic carbocycles. The Hall–Kier alpha value is -3.12. The van der Waals surface area contributed by atoms with Gasteiger partial charge in [-0.2, -0.15) is 0 Å². The number of hydrogen-bond donors (Lipinski definition) is 0. The van der Waals surface area contributed by atoms with Crippen molar-refractivity contribution in [3.63, 3.8) is 0 Å². The van der Waals surface area contributed by atoms with Crippen LogP contribution in [0.5, 0.6) is 5.75 Å². The summed E-state index contributed by atoms with van der Waals surface area (Å²) in [7, 11) is 3.04. The molecule has 0 N–H and O–H groups in total. The number of para-hydroxylation sites is 1. The number of carbonyl (C=O) groups is 1. The molecular formula is C23H19BrN2O3. The Morgan fingerprint density at radius 3 is 2.66 bits per heavy atom. The molecule has 4 aromatic rings. The summed E-state index contributed by atoms with van der Waals surface area (Å²) in [4.78, 5) is 16.9. The van der Waals surface area contributed by atoms with Gasteiger partial charge in [-0.3, -0.25) is 0 Å². The maximum absolute atomic E-state index is 12.1. The first-order valence-corrected chi connectivity index (χ1v) is 9.87. The normalized spacial score (nSPS) is 10.9. The highest BCUT2D eigenvalue weighted by Crippen LogP contribution is 2.31. The lowest BCUT2D eigenvalue weighted by Crippen LogP contribution is -2.04. The number of esters is 1. The lowest BCUT2D eigenvalue weighted by atomic mass is 10.0. The first-order valence-electron chi connectivity index (χ1n) is 9.08. The maximum Gasteiger partial charge on any atom is 0.339 e. The molecule has 5 nitrogen and oxygen atoms in total. The molecule has 2 heterocycles. The molecule has 6 heteroatoms. The molecular weight excluding hydrogens is 432 g/mol. The van der Waals surface area contributed by atoms with E-state index >= 15 is 0 Å². The van der Waals surface area contributed by atoms with Crippen LogP contribution in [-0.4, -0.2) is 29.6 Å². The summed E-state index contributed by atoms with van der Waals surface area (Å²) in [5, 5.41) is 0. The molecule has 0 aliphatic rings. The van der Waals surface area contributed by atoms with Crippen LogP contribution in [0.4, 0.5) is 0 Å². The Morgan fingerprint density at radius 2 is 1.90 bits per heavy atom. The second kappa shape index (κ2) is 8.09. The molecule has 0 radical (unpaired) electrons. The number of nitrogens with zero attached hydrogens (tertiary/aromatic N) is 2. The molecule has 0 fully saturated rings. The number of hydrogen-bond acceptors (Lipinski definition) is 4. The zero-order valence-electron chi connectivity index (χ0n) is 16.1. The number of ether oxygens (including phenoxy) is 2. The van der Waals surface area contributed by atoms with Crippen molar-refractivity contribution >= 4 is 27.5 Å². The molecule has 2 aromatic carbocycles. The summed E-state index contributed by atoms with van der Waals surface area (Å²) in [6.45, 7) is 0. The summed E-state index contributed by atoms with van der Waals surface area (Å²) in [6.07, 6.45) is 2.37. The number of imidazole rings is 1. The lowest BCUT2D eigenvalue weighted by Gasteiger charge is -2.10. The third-order valence-electron chi connectivity index (χ3n) is 4.79. The van der Waals surface area contributed by atoms with Gasteiger partial charge < -0.3 is 13.9 Å². The van der Waals surface area contributed by atoms with Gasteiger partial charge in [0, 0.05) is 28.2 Å². The smallest absolute Gasteiger partial charge is 0.339 e. The van der Waals surface area contributed by atoms with Crippen molar-refractivity contribution in [2.45, 2.75) is 6.42 Å². The summed E-state index contributed by atoms with van der Waals surface area (Å²) >= 11 is 3.54. The fourth-order valence-electron chi connectivity index (χ4n) is 3.40. The monoisotopic (exact) mass is 450 g/mol. The number of pyridine rings is 1. The quantitative estimate of drug-likeness (QED) is 0.394. The molecule has 2 aromatic heterocycles. The Morgan fingerprint density at radius 1 is 1.07 bits per heavy atom. The molecule has 0 saturated carbocycles. The molecule has 146 valence electrons. The topological polar surface area (TPSA) is 52.8 Å². The van der Waals surface area contributed by atoms with Crippen LogP contribution in [0.25, 0.3) is 16.9 Å². The van der Waals surface area contributed by atoms with Gasteiger partial charge in [-0.1, -0.05) is 46.3 Å². The highest BCUT2D eigenvalue weighted by atomic mass is 79.9. The fraction of sp³-hybridized carbons (Fsp3) is 0.130. The maximum atomic E-state index is 12.1. The second-order valence-electron chi connectivity index (χ2n) is 6.54. The van der Waals surface area contributed by atoms with Crippen LogP contribution >= 0.6 is 15.9 Å². The first-order chi connectivity index (χ1) is 14.1. The SMILES string of the molecule is COC(=O)c1ccc2nc(-c3cccc(Br)c3)c(Cc3ccccc3OC)n2c1. The number of benzene rings is 2. The van der Waals surface area contributed by atoms with Gasteiger partial charge >= 0.3 is 5.97 Å². The van der Waals surface area contributed by atoms with E-state index < -0.39 is 0 Å². The number of rotatable bonds is 5. The van der Waals surface area contributed by atoms with Gasteiger partial charge in [-0.05, 0) is 30.3 Å². The average molecular weight is 451 g/mol. The Labute approximate surface area is 177 Å². The van der Waals surface area contributed by atoms with Gasteiger partial charge in [0.2, 0.25) is 0 Å². The van der Waals surface area contributed by atoms with Gasteiger partial charge in [0.15, 0.2) is 0 Å². The van der Waals surface area contributed by atoms with Crippen LogP contribution in [0.1, 0.15) is 21.6 Å². The molecule has 0 bridgehead atoms. The largest absolute Gasteiger partial charge is 0.496 e. The van der Waals surface area contributed by atoms with Crippen molar-refractivity contribution < 1.29 is 14.3 Å². The highest BCUT2D eigenvalue weighted by Gasteiger charge is 2.18. The predicted molar refractivity (Wildman–Crippen MR) is 115 cm³/mol. The second-order valence-corrected chi connectivity index (χ2v) is 7.46. The lowest BCUT2D eigenvalue weighted by molar-refractivity contribution is 0.0600. The van der Waals surface area contributed by atoms with Gasteiger partial charge in [0.25, 0.3) is 0 Å². The minimum atomic E-state index is -0.382. The van der Waals surface area contributed by atoms with E-state index in [9.17, 15) is 4.79 Å². The summed E-state index contributed by atoms with van der Waals surface area (Å²) in [6, 6.07) is 19.5. The van der Waals surface area contributed by atoms with E-state index in [1.54, 1.807) is 19.4 Å². The molecule has 4 rings (SSSR count). The van der Waals surface area contributed by atoms with Crippen molar-refractivity contribution in [1.29, 1.82) is 0 Å². The van der Waals surface area contributed by atoms with Gasteiger partial charge in [0.05, 0.1) is 31.2 Å². The van der Waals surface area contributed by atoms with Crippen LogP contribution in [0, 0.1) is 0 Å². The van der Waals surface area contributed by atoms with Gasteiger partial charge in [-0.15, -0.1) is 0 Å². The van der Waals surface area contributed by atoms with Crippen LogP contribution < -0.4 is 4.74 Å². The van der Waals surface area contributed by atoms with E-state index in [2.05, 4.69) is 15.9 Å². The van der Waals surface area contributed by atoms with Gasteiger partial charge in [0.1, 0.15) is 11.4 Å². The number of carbonyl (C=O) groups excluding carboxylic acids is 1. The van der Waals surface area contributed by atoms with E-state index in [1.807, 2.05) is 59.0 Å². The van der Waals surface area contributed by atoms with E-state index in [0.29, 0.717) is 12.0 Å². The Balaban J connectivity index is 1.94. The van der Waals surface area contributed by atoms with Crippen LogP contribution in [0.2, 0.25) is 0 Å². The zero-order chi connectivity index (χ0) is 20.4. The standard InChI is InChI=1S/C23H19BrN2O3/c1-28-20-9-4-3-6-15(20)13-19-22(16-7-5-8-18(24)12-16)25-21-11-10-17(14-26(19)21)23(27)29-2/h3-12,14H,13H2,1-2H3. The molecule has 0 atom stereocenters. The minimum absolute atomic E-state index is 0.382. The summed E-state index contributed by atoms with van der Waals surface area (Å²) in [5.74, 6) is 0.430. The predicted octanol–water partition coefficient (Wildman–Crippen LogP) is 5.15. The van der Waals surface area contributed by atoms with Crippen LogP contribution in [0.15, 0.2) is 71.3 Å². The Kier molecular flexibility index (Phi) is 5.36. The number of aromatic nitrogens is 2. The van der Waals surface area contributed by atoms with Crippen molar-refractivity contribution in [2.24, 2.45) is 0 Å². The number of halogens is 1. The average Bonchev–Trinajstić information content (AvgIpc) is 3.11. The highest BCUT2D eigenvalue weighted by molar-refractivity contribution is 9.10. The van der Waals surface area contributed by atoms with E-state index in [4.69, 9.17) is 14.5 Å². The van der Waals surface area contributed by atoms with E-state index in [0.717, 1.165) is 38.4 Å². The van der Waals surface area contributed by atoms with Crippen molar-refractivity contribution in [3.05, 3.63) is 88.2 Å². The first kappa shape index (κ1) is 19.2. The molecule has 0 saturated heterocycles. The fourth-order valence-corrected chi connectivity index (χ4v) is 3.80. The van der Waals surface area contributed by atoms with Crippen LogP contribution in [-0.2, 0) is 11.2 Å². The van der Waals surface area contributed by atoms with Crippen molar-refractivity contribution in [1.82, 2.24) is 9.38 Å². The van der Waals surface area contributed by atoms with E-state index in [-0.39, 0.29) is 5.97 Å². The summed E-state index contributed by atoms with van der Waals surface area (Å²) < 4.78 is 13.4. The minimum Gasteiger partial charge on any atom is -0.496 e. The zero-order valence-corrected chi connectivity index (χ0v) is 17.6. The number of methoxy groups -OCH3 is 2. The third-order valence-corrected chi connectivity index (χ3v) is 5.28. The van der Waals surface area contributed by atoms with Crippen molar-refractivity contribution in [2.75, 3.05) is 14.2 Å². The van der Waals surface area contributed by atoms with Crippen molar-refractivity contribution in [3.8, 4) is 17.0 Å². The number of fused-ring (bicyclic) bond motifs is 1.